The molecule has 134 valence electrons. The third-order valence-corrected chi connectivity index (χ3v) is 4.24. The molecule has 1 N–H and O–H groups in total. The molecular formula is C18H13ClFNO5. The molecule has 26 heavy (non-hydrogen) atoms. The van der Waals surface area contributed by atoms with Crippen LogP contribution in [0.1, 0.15) is 10.4 Å². The van der Waals surface area contributed by atoms with E-state index in [0.29, 0.717) is 5.52 Å². The lowest BCUT2D eigenvalue weighted by Crippen LogP contribution is -2.25. The summed E-state index contributed by atoms with van der Waals surface area (Å²) in [6.45, 7) is 0. The standard InChI is InChI=1S/C18H13ClFNO5/c1-21-12-8-9(26-13-5-3-4-11(20)15(13)19)6-7-10(12)16(22)14(17(21)23)18(24)25-2/h3-8,22H,1-2H3. The van der Waals surface area contributed by atoms with E-state index in [9.17, 15) is 19.1 Å². The summed E-state index contributed by atoms with van der Waals surface area (Å²) >= 11 is 5.87. The molecule has 1 aromatic heterocycles. The van der Waals surface area contributed by atoms with Crippen LogP contribution in [0.2, 0.25) is 5.02 Å². The van der Waals surface area contributed by atoms with Crippen LogP contribution in [0.25, 0.3) is 10.9 Å². The van der Waals surface area contributed by atoms with E-state index in [-0.39, 0.29) is 21.9 Å². The predicted octanol–water partition coefficient (Wildman–Crippen LogP) is 3.62. The van der Waals surface area contributed by atoms with E-state index >= 15 is 0 Å². The Hall–Kier alpha value is -3.06. The summed E-state index contributed by atoms with van der Waals surface area (Å²) in [6, 6.07) is 8.58. The van der Waals surface area contributed by atoms with Gasteiger partial charge in [0.1, 0.15) is 28.1 Å². The number of carbonyl (C=O) groups is 1. The van der Waals surface area contributed by atoms with Crippen LogP contribution < -0.4 is 10.3 Å². The molecule has 0 amide bonds. The van der Waals surface area contributed by atoms with Gasteiger partial charge in [0.05, 0.1) is 12.6 Å². The van der Waals surface area contributed by atoms with Crippen LogP contribution in [0.4, 0.5) is 4.39 Å². The molecule has 2 aromatic carbocycles. The van der Waals surface area contributed by atoms with Gasteiger partial charge in [-0.15, -0.1) is 0 Å². The lowest BCUT2D eigenvalue weighted by Gasteiger charge is -2.13. The SMILES string of the molecule is COC(=O)c1c(O)c2ccc(Oc3cccc(F)c3Cl)cc2n(C)c1=O. The molecule has 0 saturated carbocycles. The summed E-state index contributed by atoms with van der Waals surface area (Å²) < 4.78 is 24.8. The molecule has 3 aromatic rings. The van der Waals surface area contributed by atoms with Crippen molar-refractivity contribution >= 4 is 28.5 Å². The first-order chi connectivity index (χ1) is 12.3. The lowest BCUT2D eigenvalue weighted by atomic mass is 10.1. The van der Waals surface area contributed by atoms with Crippen molar-refractivity contribution in [2.45, 2.75) is 0 Å². The van der Waals surface area contributed by atoms with Crippen molar-refractivity contribution in [3.05, 3.63) is 63.2 Å². The number of nitrogens with zero attached hydrogens (tertiary/aromatic N) is 1. The minimum atomic E-state index is -0.933. The average Bonchev–Trinajstić information content (AvgIpc) is 2.63. The van der Waals surface area contributed by atoms with Gasteiger partial charge in [-0.25, -0.2) is 9.18 Å². The van der Waals surface area contributed by atoms with Gasteiger partial charge in [0.15, 0.2) is 5.56 Å². The highest BCUT2D eigenvalue weighted by atomic mass is 35.5. The number of rotatable bonds is 3. The van der Waals surface area contributed by atoms with Crippen molar-refractivity contribution < 1.29 is 23.8 Å². The Bertz CT molecular complexity index is 1090. The Kier molecular flexibility index (Phi) is 4.56. The molecule has 0 saturated heterocycles. The molecule has 0 atom stereocenters. The number of esters is 1. The first-order valence-corrected chi connectivity index (χ1v) is 7.78. The van der Waals surface area contributed by atoms with Gasteiger partial charge in [0.2, 0.25) is 0 Å². The number of aryl methyl sites for hydroxylation is 1. The molecule has 0 fully saturated rings. The van der Waals surface area contributed by atoms with Gasteiger partial charge in [-0.05, 0) is 24.3 Å². The van der Waals surface area contributed by atoms with Crippen LogP contribution in [-0.4, -0.2) is 22.8 Å². The number of pyridine rings is 1. The van der Waals surface area contributed by atoms with E-state index in [1.165, 1.54) is 48.0 Å². The summed E-state index contributed by atoms with van der Waals surface area (Å²) in [4.78, 5) is 24.1. The number of fused-ring (bicyclic) bond motifs is 1. The average molecular weight is 378 g/mol. The second-order valence-electron chi connectivity index (χ2n) is 5.41. The highest BCUT2D eigenvalue weighted by Gasteiger charge is 2.22. The molecule has 0 bridgehead atoms. The summed E-state index contributed by atoms with van der Waals surface area (Å²) in [7, 11) is 2.56. The Labute approximate surface area is 152 Å². The molecular weight excluding hydrogens is 365 g/mol. The number of aromatic nitrogens is 1. The predicted molar refractivity (Wildman–Crippen MR) is 93.7 cm³/mol. The smallest absolute Gasteiger partial charge is 0.347 e. The molecule has 8 heteroatoms. The number of halogens is 2. The van der Waals surface area contributed by atoms with Crippen molar-refractivity contribution in [2.75, 3.05) is 7.11 Å². The largest absolute Gasteiger partial charge is 0.506 e. The van der Waals surface area contributed by atoms with Crippen molar-refractivity contribution in [3.63, 3.8) is 0 Å². The highest BCUT2D eigenvalue weighted by Crippen LogP contribution is 2.34. The molecule has 0 spiro atoms. The Morgan fingerprint density at radius 1 is 1.27 bits per heavy atom. The van der Waals surface area contributed by atoms with Crippen LogP contribution in [-0.2, 0) is 11.8 Å². The zero-order valence-corrected chi connectivity index (χ0v) is 14.5. The first kappa shape index (κ1) is 17.8. The van der Waals surface area contributed by atoms with Crippen LogP contribution in [0.5, 0.6) is 17.2 Å². The molecule has 6 nitrogen and oxygen atoms in total. The molecule has 0 aliphatic rings. The third-order valence-electron chi connectivity index (χ3n) is 3.87. The summed E-state index contributed by atoms with van der Waals surface area (Å²) in [5.74, 6) is -1.67. The molecule has 0 aliphatic carbocycles. The second-order valence-corrected chi connectivity index (χ2v) is 5.79. The molecule has 3 rings (SSSR count). The minimum absolute atomic E-state index is 0.103. The van der Waals surface area contributed by atoms with Crippen LogP contribution in [0.15, 0.2) is 41.2 Å². The van der Waals surface area contributed by atoms with E-state index in [1.807, 2.05) is 0 Å². The van der Waals surface area contributed by atoms with E-state index < -0.39 is 28.7 Å². The van der Waals surface area contributed by atoms with E-state index in [1.54, 1.807) is 0 Å². The van der Waals surface area contributed by atoms with Gasteiger partial charge in [0.25, 0.3) is 5.56 Å². The number of methoxy groups -OCH3 is 1. The van der Waals surface area contributed by atoms with Crippen molar-refractivity contribution in [1.82, 2.24) is 4.57 Å². The maximum atomic E-state index is 13.5. The van der Waals surface area contributed by atoms with Gasteiger partial charge in [-0.3, -0.25) is 4.79 Å². The zero-order chi connectivity index (χ0) is 19.0. The Morgan fingerprint density at radius 3 is 2.69 bits per heavy atom. The molecule has 0 radical (unpaired) electrons. The van der Waals surface area contributed by atoms with Crippen molar-refractivity contribution in [2.24, 2.45) is 7.05 Å². The molecule has 1 heterocycles. The van der Waals surface area contributed by atoms with Crippen LogP contribution in [0, 0.1) is 5.82 Å². The number of ether oxygens (including phenoxy) is 2. The quantitative estimate of drug-likeness (QED) is 0.705. The highest BCUT2D eigenvalue weighted by molar-refractivity contribution is 6.32. The zero-order valence-electron chi connectivity index (χ0n) is 13.7. The van der Waals surface area contributed by atoms with Gasteiger partial charge >= 0.3 is 5.97 Å². The van der Waals surface area contributed by atoms with E-state index in [4.69, 9.17) is 16.3 Å². The van der Waals surface area contributed by atoms with E-state index in [2.05, 4.69) is 4.74 Å². The summed E-state index contributed by atoms with van der Waals surface area (Å²) in [6.07, 6.45) is 0. The topological polar surface area (TPSA) is 77.8 Å². The third kappa shape index (κ3) is 2.86. The van der Waals surface area contributed by atoms with E-state index in [0.717, 1.165) is 7.11 Å². The number of aromatic hydroxyl groups is 1. The fraction of sp³-hybridized carbons (Fsp3) is 0.111. The van der Waals surface area contributed by atoms with Crippen molar-refractivity contribution in [3.8, 4) is 17.2 Å². The fourth-order valence-corrected chi connectivity index (χ4v) is 2.71. The summed E-state index contributed by atoms with van der Waals surface area (Å²) in [5.41, 5.74) is -0.864. The number of hydrogen-bond acceptors (Lipinski definition) is 5. The second kappa shape index (κ2) is 6.68. The van der Waals surface area contributed by atoms with Crippen LogP contribution >= 0.6 is 11.6 Å². The van der Waals surface area contributed by atoms with Gasteiger partial charge in [-0.2, -0.15) is 0 Å². The Balaban J connectivity index is 2.15. The van der Waals surface area contributed by atoms with Crippen LogP contribution in [0.3, 0.4) is 0 Å². The van der Waals surface area contributed by atoms with Gasteiger partial charge in [-0.1, -0.05) is 17.7 Å². The normalized spacial score (nSPS) is 10.8. The van der Waals surface area contributed by atoms with Gasteiger partial charge in [0, 0.05) is 18.5 Å². The monoisotopic (exact) mass is 377 g/mol. The fourth-order valence-electron chi connectivity index (χ4n) is 2.54. The lowest BCUT2D eigenvalue weighted by molar-refractivity contribution is 0.0595. The summed E-state index contributed by atoms with van der Waals surface area (Å²) in [5, 5.41) is 10.4. The minimum Gasteiger partial charge on any atom is -0.506 e. The molecule has 0 aliphatic heterocycles. The maximum absolute atomic E-state index is 13.5. The van der Waals surface area contributed by atoms with Crippen molar-refractivity contribution in [1.29, 1.82) is 0 Å². The number of benzene rings is 2. The number of carbonyl (C=O) groups excluding carboxylic acids is 1. The maximum Gasteiger partial charge on any atom is 0.347 e. The first-order valence-electron chi connectivity index (χ1n) is 7.41. The van der Waals surface area contributed by atoms with Gasteiger partial charge < -0.3 is 19.1 Å². The Morgan fingerprint density at radius 2 is 2.00 bits per heavy atom. The molecule has 0 unspecified atom stereocenters. The number of hydrogen-bond donors (Lipinski definition) is 1.